The van der Waals surface area contributed by atoms with Gasteiger partial charge in [-0.1, -0.05) is 12.1 Å². The molecular formula is C7H14N2O3. The standard InChI is InChI=1S/C7H14N2O3/c1-5(6(8)9-10)7(2)11-3-4-12-7/h5,10H,3-4H2,1-2H3,(H2,8,9). The maximum absolute atomic E-state index is 8.43. The molecule has 1 atom stereocenters. The highest BCUT2D eigenvalue weighted by Crippen LogP contribution is 2.27. The van der Waals surface area contributed by atoms with Gasteiger partial charge in [0.05, 0.1) is 19.1 Å². The maximum atomic E-state index is 8.43. The molecule has 1 heterocycles. The molecular weight excluding hydrogens is 160 g/mol. The van der Waals surface area contributed by atoms with Crippen molar-refractivity contribution < 1.29 is 14.7 Å². The summed E-state index contributed by atoms with van der Waals surface area (Å²) in [4.78, 5) is 0. The molecule has 0 saturated carbocycles. The monoisotopic (exact) mass is 174 g/mol. The molecule has 0 aromatic heterocycles. The Labute approximate surface area is 71.1 Å². The topological polar surface area (TPSA) is 77.1 Å². The van der Waals surface area contributed by atoms with E-state index in [-0.39, 0.29) is 11.8 Å². The molecule has 1 rings (SSSR count). The first-order valence-electron chi connectivity index (χ1n) is 3.85. The van der Waals surface area contributed by atoms with Crippen LogP contribution in [0.15, 0.2) is 5.16 Å². The Bertz CT molecular complexity index is 187. The Morgan fingerprint density at radius 3 is 2.50 bits per heavy atom. The highest BCUT2D eigenvalue weighted by Gasteiger charge is 2.39. The number of nitrogens with zero attached hydrogens (tertiary/aromatic N) is 1. The largest absolute Gasteiger partial charge is 0.409 e. The van der Waals surface area contributed by atoms with Crippen LogP contribution >= 0.6 is 0 Å². The summed E-state index contributed by atoms with van der Waals surface area (Å²) < 4.78 is 10.7. The zero-order chi connectivity index (χ0) is 9.19. The van der Waals surface area contributed by atoms with E-state index < -0.39 is 5.79 Å². The van der Waals surface area contributed by atoms with Gasteiger partial charge in [-0.25, -0.2) is 0 Å². The minimum atomic E-state index is -0.740. The van der Waals surface area contributed by atoms with Crippen LogP contribution < -0.4 is 5.73 Å². The molecule has 5 heteroatoms. The molecule has 5 nitrogen and oxygen atoms in total. The molecule has 0 bridgehead atoms. The van der Waals surface area contributed by atoms with E-state index in [9.17, 15) is 0 Å². The minimum absolute atomic E-state index is 0.124. The Balaban J connectivity index is 2.67. The number of oxime groups is 1. The average molecular weight is 174 g/mol. The molecule has 0 amide bonds. The van der Waals surface area contributed by atoms with E-state index >= 15 is 0 Å². The third kappa shape index (κ3) is 1.51. The van der Waals surface area contributed by atoms with E-state index in [0.29, 0.717) is 13.2 Å². The Morgan fingerprint density at radius 2 is 2.08 bits per heavy atom. The molecule has 70 valence electrons. The second-order valence-electron chi connectivity index (χ2n) is 2.96. The number of ether oxygens (including phenoxy) is 2. The molecule has 1 aliphatic heterocycles. The van der Waals surface area contributed by atoms with Gasteiger partial charge in [0.25, 0.3) is 0 Å². The molecule has 0 aliphatic carbocycles. The number of nitrogens with two attached hydrogens (primary N) is 1. The van der Waals surface area contributed by atoms with Crippen molar-refractivity contribution in [2.45, 2.75) is 19.6 Å². The van der Waals surface area contributed by atoms with Gasteiger partial charge in [0.15, 0.2) is 5.79 Å². The van der Waals surface area contributed by atoms with Crippen molar-refractivity contribution >= 4 is 5.84 Å². The highest BCUT2D eigenvalue weighted by molar-refractivity contribution is 5.82. The van der Waals surface area contributed by atoms with Crippen LogP contribution in [0.25, 0.3) is 0 Å². The zero-order valence-corrected chi connectivity index (χ0v) is 7.28. The molecule has 1 unspecified atom stereocenters. The minimum Gasteiger partial charge on any atom is -0.409 e. The lowest BCUT2D eigenvalue weighted by atomic mass is 10.0. The molecule has 1 fully saturated rings. The lowest BCUT2D eigenvalue weighted by Gasteiger charge is -2.28. The van der Waals surface area contributed by atoms with Gasteiger partial charge in [-0.15, -0.1) is 0 Å². The van der Waals surface area contributed by atoms with E-state index in [1.165, 1.54) is 0 Å². The molecule has 1 saturated heterocycles. The van der Waals surface area contributed by atoms with Crippen LogP contribution in [-0.2, 0) is 9.47 Å². The summed E-state index contributed by atoms with van der Waals surface area (Å²) in [7, 11) is 0. The number of amidine groups is 1. The Kier molecular flexibility index (Phi) is 2.54. The SMILES string of the molecule is CC(/C(N)=N/O)C1(C)OCCO1. The van der Waals surface area contributed by atoms with Gasteiger partial charge in [0.1, 0.15) is 5.84 Å². The zero-order valence-electron chi connectivity index (χ0n) is 7.28. The molecule has 0 aromatic carbocycles. The van der Waals surface area contributed by atoms with Crippen molar-refractivity contribution in [1.82, 2.24) is 0 Å². The molecule has 0 radical (unpaired) electrons. The smallest absolute Gasteiger partial charge is 0.175 e. The van der Waals surface area contributed by atoms with Crippen molar-refractivity contribution in [2.24, 2.45) is 16.8 Å². The average Bonchev–Trinajstić information content (AvgIpc) is 2.50. The fraction of sp³-hybridized carbons (Fsp3) is 0.857. The normalized spacial score (nSPS) is 25.7. The van der Waals surface area contributed by atoms with Crippen LogP contribution in [-0.4, -0.2) is 30.0 Å². The summed E-state index contributed by atoms with van der Waals surface area (Å²) in [5, 5.41) is 11.3. The van der Waals surface area contributed by atoms with Crippen molar-refractivity contribution in [2.75, 3.05) is 13.2 Å². The van der Waals surface area contributed by atoms with E-state index in [0.717, 1.165) is 0 Å². The quantitative estimate of drug-likeness (QED) is 0.270. The van der Waals surface area contributed by atoms with E-state index in [4.69, 9.17) is 20.4 Å². The first kappa shape index (κ1) is 9.28. The van der Waals surface area contributed by atoms with Gasteiger partial charge < -0.3 is 20.4 Å². The van der Waals surface area contributed by atoms with E-state index in [2.05, 4.69) is 5.16 Å². The number of rotatable bonds is 2. The first-order chi connectivity index (χ1) is 5.60. The van der Waals surface area contributed by atoms with Crippen LogP contribution in [0.1, 0.15) is 13.8 Å². The Morgan fingerprint density at radius 1 is 1.58 bits per heavy atom. The van der Waals surface area contributed by atoms with Gasteiger partial charge in [-0.2, -0.15) is 0 Å². The second-order valence-corrected chi connectivity index (χ2v) is 2.96. The summed E-state index contributed by atoms with van der Waals surface area (Å²) in [5.41, 5.74) is 5.42. The fourth-order valence-corrected chi connectivity index (χ4v) is 1.14. The lowest BCUT2D eigenvalue weighted by molar-refractivity contribution is -0.161. The Hall–Kier alpha value is -0.810. The second kappa shape index (κ2) is 3.28. The summed E-state index contributed by atoms with van der Waals surface area (Å²) >= 11 is 0. The molecule has 1 aliphatic rings. The van der Waals surface area contributed by atoms with Crippen molar-refractivity contribution in [3.63, 3.8) is 0 Å². The van der Waals surface area contributed by atoms with Crippen LogP contribution in [0.5, 0.6) is 0 Å². The molecule has 0 spiro atoms. The molecule has 12 heavy (non-hydrogen) atoms. The van der Waals surface area contributed by atoms with Crippen molar-refractivity contribution in [3.05, 3.63) is 0 Å². The van der Waals surface area contributed by atoms with Crippen molar-refractivity contribution in [3.8, 4) is 0 Å². The molecule has 0 aromatic rings. The van der Waals surface area contributed by atoms with Crippen LogP contribution in [0.4, 0.5) is 0 Å². The number of hydrogen-bond donors (Lipinski definition) is 2. The number of hydrogen-bond acceptors (Lipinski definition) is 4. The summed E-state index contributed by atoms with van der Waals surface area (Å²) in [6, 6.07) is 0. The summed E-state index contributed by atoms with van der Waals surface area (Å²) in [6.07, 6.45) is 0. The maximum Gasteiger partial charge on any atom is 0.175 e. The first-order valence-corrected chi connectivity index (χ1v) is 3.85. The van der Waals surface area contributed by atoms with Gasteiger partial charge in [0, 0.05) is 0 Å². The summed E-state index contributed by atoms with van der Waals surface area (Å²) in [5.74, 6) is -0.861. The van der Waals surface area contributed by atoms with Crippen molar-refractivity contribution in [1.29, 1.82) is 0 Å². The van der Waals surface area contributed by atoms with Gasteiger partial charge >= 0.3 is 0 Å². The van der Waals surface area contributed by atoms with Crippen LogP contribution in [0, 0.1) is 5.92 Å². The van der Waals surface area contributed by atoms with Gasteiger partial charge in [0.2, 0.25) is 0 Å². The van der Waals surface area contributed by atoms with Crippen LogP contribution in [0.2, 0.25) is 0 Å². The third-order valence-electron chi connectivity index (χ3n) is 2.21. The highest BCUT2D eigenvalue weighted by atomic mass is 16.7. The van der Waals surface area contributed by atoms with E-state index in [1.54, 1.807) is 13.8 Å². The molecule has 3 N–H and O–H groups in total. The lowest BCUT2D eigenvalue weighted by Crippen LogP contribution is -2.42. The van der Waals surface area contributed by atoms with E-state index in [1.807, 2.05) is 0 Å². The summed E-state index contributed by atoms with van der Waals surface area (Å²) in [6.45, 7) is 4.68. The third-order valence-corrected chi connectivity index (χ3v) is 2.21. The predicted octanol–water partition coefficient (Wildman–Crippen LogP) is 0.132. The van der Waals surface area contributed by atoms with Gasteiger partial charge in [-0.3, -0.25) is 0 Å². The van der Waals surface area contributed by atoms with Crippen LogP contribution in [0.3, 0.4) is 0 Å². The fourth-order valence-electron chi connectivity index (χ4n) is 1.14. The predicted molar refractivity (Wildman–Crippen MR) is 42.9 cm³/mol. The van der Waals surface area contributed by atoms with Gasteiger partial charge in [-0.05, 0) is 6.92 Å².